The highest BCUT2D eigenvalue weighted by Crippen LogP contribution is 2.50. The maximum Gasteiger partial charge on any atom is 0.156 e. The zero-order valence-electron chi connectivity index (χ0n) is 7.45. The average Bonchev–Trinajstić information content (AvgIpc) is 1.82. The Morgan fingerprint density at radius 2 is 1.92 bits per heavy atom. The lowest BCUT2D eigenvalue weighted by Gasteiger charge is -2.40. The van der Waals surface area contributed by atoms with E-state index in [1.807, 2.05) is 13.8 Å². The molecule has 1 nitrogen and oxygen atoms in total. The van der Waals surface area contributed by atoms with E-state index in [2.05, 4.69) is 0 Å². The quantitative estimate of drug-likeness (QED) is 0.558. The number of rotatable bonds is 0. The van der Waals surface area contributed by atoms with Crippen molar-refractivity contribution in [2.45, 2.75) is 31.5 Å². The summed E-state index contributed by atoms with van der Waals surface area (Å²) in [6, 6.07) is 0. The number of allylic oxidation sites excluding steroid dienone is 2. The second kappa shape index (κ2) is 2.74. The molecule has 0 aromatic heterocycles. The lowest BCUT2D eigenvalue weighted by atomic mass is 9.76. The Morgan fingerprint density at radius 1 is 1.42 bits per heavy atom. The standard InChI is InChI=1S/C9H12Cl2O/c1-6-4-7(12)5-8(2,3)9(6,10)11/h4H,5H2,1-3H3. The first-order valence-electron chi connectivity index (χ1n) is 3.87. The highest BCUT2D eigenvalue weighted by molar-refractivity contribution is 6.51. The predicted octanol–water partition coefficient (Wildman–Crippen LogP) is 3.11. The number of halogens is 2. The van der Waals surface area contributed by atoms with Crippen molar-refractivity contribution in [3.05, 3.63) is 11.6 Å². The lowest BCUT2D eigenvalue weighted by Crippen LogP contribution is -2.40. The van der Waals surface area contributed by atoms with Crippen LogP contribution in [0.1, 0.15) is 27.2 Å². The van der Waals surface area contributed by atoms with Crippen LogP contribution in [0.15, 0.2) is 11.6 Å². The van der Waals surface area contributed by atoms with Crippen molar-refractivity contribution in [3.63, 3.8) is 0 Å². The summed E-state index contributed by atoms with van der Waals surface area (Å²) in [5.74, 6) is 0.106. The number of carbonyl (C=O) groups excluding carboxylic acids is 1. The van der Waals surface area contributed by atoms with E-state index in [4.69, 9.17) is 23.2 Å². The van der Waals surface area contributed by atoms with Crippen LogP contribution in [0.2, 0.25) is 0 Å². The van der Waals surface area contributed by atoms with Crippen LogP contribution in [0, 0.1) is 5.41 Å². The molecule has 0 saturated carbocycles. The van der Waals surface area contributed by atoms with E-state index in [0.717, 1.165) is 5.57 Å². The maximum atomic E-state index is 11.2. The van der Waals surface area contributed by atoms with Crippen LogP contribution in [-0.2, 0) is 4.79 Å². The summed E-state index contributed by atoms with van der Waals surface area (Å²) in [7, 11) is 0. The minimum Gasteiger partial charge on any atom is -0.295 e. The third-order valence-corrected chi connectivity index (χ3v) is 3.96. The van der Waals surface area contributed by atoms with Gasteiger partial charge in [-0.1, -0.05) is 37.0 Å². The first-order chi connectivity index (χ1) is 5.27. The molecule has 0 heterocycles. The minimum absolute atomic E-state index is 0.106. The van der Waals surface area contributed by atoms with Crippen LogP contribution < -0.4 is 0 Å². The smallest absolute Gasteiger partial charge is 0.156 e. The van der Waals surface area contributed by atoms with Gasteiger partial charge in [0.25, 0.3) is 0 Å². The van der Waals surface area contributed by atoms with Crippen LogP contribution >= 0.6 is 23.2 Å². The Kier molecular flexibility index (Phi) is 2.30. The Morgan fingerprint density at radius 3 is 2.33 bits per heavy atom. The maximum absolute atomic E-state index is 11.2. The van der Waals surface area contributed by atoms with Crippen LogP contribution in [0.4, 0.5) is 0 Å². The van der Waals surface area contributed by atoms with Crippen LogP contribution in [0.25, 0.3) is 0 Å². The number of hydrogen-bond donors (Lipinski definition) is 0. The van der Waals surface area contributed by atoms with Crippen molar-refractivity contribution >= 4 is 29.0 Å². The van der Waals surface area contributed by atoms with Crippen molar-refractivity contribution in [3.8, 4) is 0 Å². The van der Waals surface area contributed by atoms with Crippen molar-refractivity contribution in [2.24, 2.45) is 5.41 Å². The van der Waals surface area contributed by atoms with E-state index in [-0.39, 0.29) is 11.2 Å². The van der Waals surface area contributed by atoms with Gasteiger partial charge >= 0.3 is 0 Å². The summed E-state index contributed by atoms with van der Waals surface area (Å²) < 4.78 is -0.902. The first kappa shape index (κ1) is 10.1. The molecule has 0 atom stereocenters. The first-order valence-corrected chi connectivity index (χ1v) is 4.62. The van der Waals surface area contributed by atoms with E-state index in [1.165, 1.54) is 6.08 Å². The highest BCUT2D eigenvalue weighted by atomic mass is 35.5. The highest BCUT2D eigenvalue weighted by Gasteiger charge is 2.47. The topological polar surface area (TPSA) is 17.1 Å². The second-order valence-electron chi connectivity index (χ2n) is 3.93. The third-order valence-electron chi connectivity index (χ3n) is 2.34. The van der Waals surface area contributed by atoms with E-state index in [9.17, 15) is 4.79 Å². The van der Waals surface area contributed by atoms with Gasteiger partial charge in [-0.05, 0) is 18.6 Å². The summed E-state index contributed by atoms with van der Waals surface area (Å²) in [6.07, 6.45) is 1.95. The Hall–Kier alpha value is -0.0100. The van der Waals surface area contributed by atoms with Gasteiger partial charge in [0.05, 0.1) is 0 Å². The number of ketones is 1. The zero-order chi connectivity index (χ0) is 9.57. The third kappa shape index (κ3) is 1.40. The molecular formula is C9H12Cl2O. The molecule has 0 spiro atoms. The number of carbonyl (C=O) groups is 1. The lowest BCUT2D eigenvalue weighted by molar-refractivity contribution is -0.117. The summed E-state index contributed by atoms with van der Waals surface area (Å²) in [6.45, 7) is 5.60. The molecule has 0 amide bonds. The molecule has 0 radical (unpaired) electrons. The minimum atomic E-state index is -0.902. The molecule has 3 heteroatoms. The summed E-state index contributed by atoms with van der Waals surface area (Å²) in [5.41, 5.74) is 0.374. The van der Waals surface area contributed by atoms with Gasteiger partial charge in [0.15, 0.2) is 5.78 Å². The van der Waals surface area contributed by atoms with E-state index in [1.54, 1.807) is 6.92 Å². The SMILES string of the molecule is CC1=CC(=O)CC(C)(C)C1(Cl)Cl. The molecule has 1 aliphatic carbocycles. The second-order valence-corrected chi connectivity index (χ2v) is 5.26. The average molecular weight is 207 g/mol. The molecule has 0 aromatic carbocycles. The Labute approximate surface area is 82.7 Å². The van der Waals surface area contributed by atoms with Gasteiger partial charge in [-0.25, -0.2) is 0 Å². The molecule has 12 heavy (non-hydrogen) atoms. The van der Waals surface area contributed by atoms with Gasteiger partial charge in [-0.15, -0.1) is 0 Å². The molecular weight excluding hydrogens is 195 g/mol. The van der Waals surface area contributed by atoms with Gasteiger partial charge < -0.3 is 0 Å². The molecule has 1 aliphatic rings. The number of alkyl halides is 2. The molecule has 68 valence electrons. The predicted molar refractivity (Wildman–Crippen MR) is 51.6 cm³/mol. The van der Waals surface area contributed by atoms with E-state index >= 15 is 0 Å². The normalized spacial score (nSPS) is 26.8. The monoisotopic (exact) mass is 206 g/mol. The van der Waals surface area contributed by atoms with Gasteiger partial charge in [-0.2, -0.15) is 0 Å². The summed E-state index contributed by atoms with van der Waals surface area (Å²) in [5, 5.41) is 0. The molecule has 0 bridgehead atoms. The van der Waals surface area contributed by atoms with Crippen molar-refractivity contribution in [1.82, 2.24) is 0 Å². The fraction of sp³-hybridized carbons (Fsp3) is 0.667. The summed E-state index contributed by atoms with van der Waals surface area (Å²) >= 11 is 12.2. The van der Waals surface area contributed by atoms with E-state index < -0.39 is 4.33 Å². The van der Waals surface area contributed by atoms with Crippen LogP contribution in [0.5, 0.6) is 0 Å². The Balaban J connectivity index is 3.15. The van der Waals surface area contributed by atoms with Gasteiger partial charge in [0.1, 0.15) is 4.33 Å². The van der Waals surface area contributed by atoms with Gasteiger partial charge in [-0.3, -0.25) is 4.79 Å². The molecule has 0 N–H and O–H groups in total. The van der Waals surface area contributed by atoms with E-state index in [0.29, 0.717) is 6.42 Å². The van der Waals surface area contributed by atoms with Crippen molar-refractivity contribution in [2.75, 3.05) is 0 Å². The molecule has 1 rings (SSSR count). The van der Waals surface area contributed by atoms with Gasteiger partial charge in [0.2, 0.25) is 0 Å². The van der Waals surface area contributed by atoms with Crippen molar-refractivity contribution in [1.29, 1.82) is 0 Å². The fourth-order valence-corrected chi connectivity index (χ4v) is 1.71. The largest absolute Gasteiger partial charge is 0.295 e. The fourth-order valence-electron chi connectivity index (χ4n) is 1.46. The number of hydrogen-bond acceptors (Lipinski definition) is 1. The molecule has 0 fully saturated rings. The summed E-state index contributed by atoms with van der Waals surface area (Å²) in [4.78, 5) is 11.2. The zero-order valence-corrected chi connectivity index (χ0v) is 8.96. The molecule has 0 aliphatic heterocycles. The molecule has 0 aromatic rings. The molecule has 0 saturated heterocycles. The molecule has 0 unspecified atom stereocenters. The van der Waals surface area contributed by atoms with Gasteiger partial charge in [0, 0.05) is 11.8 Å². The Bertz CT molecular complexity index is 251. The van der Waals surface area contributed by atoms with Crippen molar-refractivity contribution < 1.29 is 4.79 Å². The van der Waals surface area contributed by atoms with Crippen LogP contribution in [0.3, 0.4) is 0 Å². The van der Waals surface area contributed by atoms with Crippen LogP contribution in [-0.4, -0.2) is 10.1 Å².